The average molecular weight is 237 g/mol. The van der Waals surface area contributed by atoms with E-state index in [0.29, 0.717) is 6.10 Å². The molecule has 0 N–H and O–H groups in total. The first-order valence-electron chi connectivity index (χ1n) is 4.69. The van der Waals surface area contributed by atoms with Gasteiger partial charge in [0.25, 0.3) is 0 Å². The average Bonchev–Trinajstić information content (AvgIpc) is 2.02. The van der Waals surface area contributed by atoms with Gasteiger partial charge in [-0.2, -0.15) is 0 Å². The first-order valence-corrected chi connectivity index (χ1v) is 5.81. The molecule has 12 heavy (non-hydrogen) atoms. The lowest BCUT2D eigenvalue weighted by atomic mass is 9.98. The highest BCUT2D eigenvalue weighted by atomic mass is 79.9. The largest absolute Gasteiger partial charge is 0.378 e. The molecule has 0 aliphatic carbocycles. The standard InChI is InChI=1S/C10H21BrO/c1-5-6-9(2)12-8-10(3,4)7-11/h9H,5-8H2,1-4H3. The second-order valence-electron chi connectivity index (χ2n) is 4.21. The quantitative estimate of drug-likeness (QED) is 0.641. The summed E-state index contributed by atoms with van der Waals surface area (Å²) in [5.41, 5.74) is 0.266. The highest BCUT2D eigenvalue weighted by Gasteiger charge is 2.17. The summed E-state index contributed by atoms with van der Waals surface area (Å²) in [6.07, 6.45) is 2.78. The van der Waals surface area contributed by atoms with E-state index in [4.69, 9.17) is 4.74 Å². The van der Waals surface area contributed by atoms with Crippen LogP contribution in [-0.2, 0) is 4.74 Å². The van der Waals surface area contributed by atoms with Crippen LogP contribution in [0.15, 0.2) is 0 Å². The van der Waals surface area contributed by atoms with Crippen LogP contribution in [0.2, 0.25) is 0 Å². The molecule has 0 rings (SSSR count). The zero-order chi connectivity index (χ0) is 9.61. The van der Waals surface area contributed by atoms with Crippen LogP contribution in [0.3, 0.4) is 0 Å². The Bertz CT molecular complexity index is 112. The van der Waals surface area contributed by atoms with Crippen molar-refractivity contribution < 1.29 is 4.74 Å². The molecule has 0 aromatic rings. The summed E-state index contributed by atoms with van der Waals surface area (Å²) in [4.78, 5) is 0. The minimum atomic E-state index is 0.266. The van der Waals surface area contributed by atoms with E-state index in [2.05, 4.69) is 43.6 Å². The van der Waals surface area contributed by atoms with E-state index in [0.717, 1.165) is 11.9 Å². The minimum absolute atomic E-state index is 0.266. The maximum Gasteiger partial charge on any atom is 0.0547 e. The van der Waals surface area contributed by atoms with E-state index in [-0.39, 0.29) is 5.41 Å². The van der Waals surface area contributed by atoms with E-state index in [9.17, 15) is 0 Å². The van der Waals surface area contributed by atoms with Crippen molar-refractivity contribution in [3.63, 3.8) is 0 Å². The Morgan fingerprint density at radius 3 is 2.42 bits per heavy atom. The van der Waals surface area contributed by atoms with Gasteiger partial charge in [0.2, 0.25) is 0 Å². The van der Waals surface area contributed by atoms with Crippen molar-refractivity contribution in [2.45, 2.75) is 46.6 Å². The number of hydrogen-bond acceptors (Lipinski definition) is 1. The monoisotopic (exact) mass is 236 g/mol. The second kappa shape index (κ2) is 5.98. The van der Waals surface area contributed by atoms with Gasteiger partial charge in [-0.3, -0.25) is 0 Å². The normalized spacial score (nSPS) is 14.8. The number of hydrogen-bond donors (Lipinski definition) is 0. The number of halogens is 1. The SMILES string of the molecule is CCCC(C)OCC(C)(C)CBr. The molecule has 0 radical (unpaired) electrons. The van der Waals surface area contributed by atoms with Crippen molar-refractivity contribution in [1.29, 1.82) is 0 Å². The van der Waals surface area contributed by atoms with Gasteiger partial charge in [-0.15, -0.1) is 0 Å². The van der Waals surface area contributed by atoms with Crippen LogP contribution in [0, 0.1) is 5.41 Å². The van der Waals surface area contributed by atoms with Crippen molar-refractivity contribution in [2.24, 2.45) is 5.41 Å². The molecule has 0 heterocycles. The van der Waals surface area contributed by atoms with Gasteiger partial charge in [0, 0.05) is 5.33 Å². The Kier molecular flexibility index (Phi) is 6.20. The molecule has 0 saturated carbocycles. The molecule has 1 unspecified atom stereocenters. The summed E-state index contributed by atoms with van der Waals surface area (Å²) in [6, 6.07) is 0. The lowest BCUT2D eigenvalue weighted by molar-refractivity contribution is 0.0161. The summed E-state index contributed by atoms with van der Waals surface area (Å²) in [5, 5.41) is 0.999. The molecular formula is C10H21BrO. The number of ether oxygens (including phenoxy) is 1. The summed E-state index contributed by atoms with van der Waals surface area (Å²) >= 11 is 3.48. The Labute approximate surface area is 85.0 Å². The van der Waals surface area contributed by atoms with Crippen LogP contribution in [0.4, 0.5) is 0 Å². The van der Waals surface area contributed by atoms with E-state index in [1.54, 1.807) is 0 Å². The fraction of sp³-hybridized carbons (Fsp3) is 1.00. The molecule has 0 aromatic carbocycles. The fourth-order valence-electron chi connectivity index (χ4n) is 0.896. The van der Waals surface area contributed by atoms with Gasteiger partial charge < -0.3 is 4.74 Å². The third kappa shape index (κ3) is 6.01. The topological polar surface area (TPSA) is 9.23 Å². The highest BCUT2D eigenvalue weighted by molar-refractivity contribution is 9.09. The van der Waals surface area contributed by atoms with Crippen LogP contribution in [0.1, 0.15) is 40.5 Å². The zero-order valence-electron chi connectivity index (χ0n) is 8.69. The molecular weight excluding hydrogens is 216 g/mol. The van der Waals surface area contributed by atoms with Gasteiger partial charge in [-0.05, 0) is 18.8 Å². The molecule has 74 valence electrons. The third-order valence-corrected chi connectivity index (χ3v) is 3.33. The van der Waals surface area contributed by atoms with Gasteiger partial charge >= 0.3 is 0 Å². The molecule has 0 aliphatic rings. The molecule has 0 saturated heterocycles. The van der Waals surface area contributed by atoms with Gasteiger partial charge in [-0.1, -0.05) is 43.1 Å². The Hall–Kier alpha value is 0.440. The van der Waals surface area contributed by atoms with Crippen LogP contribution in [0.25, 0.3) is 0 Å². The molecule has 1 nitrogen and oxygen atoms in total. The highest BCUT2D eigenvalue weighted by Crippen LogP contribution is 2.19. The van der Waals surface area contributed by atoms with Crippen LogP contribution in [0.5, 0.6) is 0 Å². The van der Waals surface area contributed by atoms with Gasteiger partial charge in [0.15, 0.2) is 0 Å². The molecule has 1 atom stereocenters. The lowest BCUT2D eigenvalue weighted by Gasteiger charge is -2.23. The van der Waals surface area contributed by atoms with E-state index < -0.39 is 0 Å². The summed E-state index contributed by atoms with van der Waals surface area (Å²) in [5.74, 6) is 0. The van der Waals surface area contributed by atoms with Gasteiger partial charge in [-0.25, -0.2) is 0 Å². The van der Waals surface area contributed by atoms with Crippen molar-refractivity contribution in [1.82, 2.24) is 0 Å². The first kappa shape index (κ1) is 12.4. The molecule has 0 amide bonds. The van der Waals surface area contributed by atoms with Crippen LogP contribution < -0.4 is 0 Å². The van der Waals surface area contributed by atoms with E-state index in [1.807, 2.05) is 0 Å². The van der Waals surface area contributed by atoms with Crippen LogP contribution in [-0.4, -0.2) is 18.0 Å². The van der Waals surface area contributed by atoms with Crippen molar-refractivity contribution in [3.8, 4) is 0 Å². The summed E-state index contributed by atoms with van der Waals surface area (Å²) in [6.45, 7) is 9.60. The molecule has 0 spiro atoms. The van der Waals surface area contributed by atoms with E-state index >= 15 is 0 Å². The molecule has 0 aliphatic heterocycles. The van der Waals surface area contributed by atoms with Gasteiger partial charge in [0.05, 0.1) is 12.7 Å². The molecule has 0 bridgehead atoms. The van der Waals surface area contributed by atoms with E-state index in [1.165, 1.54) is 12.8 Å². The Balaban J connectivity index is 3.52. The van der Waals surface area contributed by atoms with Crippen molar-refractivity contribution in [3.05, 3.63) is 0 Å². The lowest BCUT2D eigenvalue weighted by Crippen LogP contribution is -2.24. The predicted octanol–water partition coefficient (Wildman–Crippen LogP) is 3.61. The Morgan fingerprint density at radius 1 is 1.42 bits per heavy atom. The predicted molar refractivity (Wildman–Crippen MR) is 57.9 cm³/mol. The van der Waals surface area contributed by atoms with Crippen molar-refractivity contribution in [2.75, 3.05) is 11.9 Å². The smallest absolute Gasteiger partial charge is 0.0547 e. The summed E-state index contributed by atoms with van der Waals surface area (Å²) < 4.78 is 5.71. The minimum Gasteiger partial charge on any atom is -0.378 e. The van der Waals surface area contributed by atoms with Crippen LogP contribution >= 0.6 is 15.9 Å². The number of rotatable bonds is 6. The first-order chi connectivity index (χ1) is 5.52. The molecule has 2 heteroatoms. The summed E-state index contributed by atoms with van der Waals surface area (Å²) in [7, 11) is 0. The fourth-order valence-corrected chi connectivity index (χ4v) is 1.06. The second-order valence-corrected chi connectivity index (χ2v) is 4.77. The zero-order valence-corrected chi connectivity index (χ0v) is 10.3. The molecule has 0 aromatic heterocycles. The van der Waals surface area contributed by atoms with Gasteiger partial charge in [0.1, 0.15) is 0 Å². The number of alkyl halides is 1. The maximum absolute atomic E-state index is 5.71. The Morgan fingerprint density at radius 2 is 2.00 bits per heavy atom. The maximum atomic E-state index is 5.71. The third-order valence-electron chi connectivity index (χ3n) is 1.82. The molecule has 0 fully saturated rings. The van der Waals surface area contributed by atoms with Crippen molar-refractivity contribution >= 4 is 15.9 Å².